The van der Waals surface area contributed by atoms with Crippen LogP contribution in [0.1, 0.15) is 20.8 Å². The molecule has 0 heterocycles. The van der Waals surface area contributed by atoms with Gasteiger partial charge in [0.2, 0.25) is 6.16 Å². The quantitative estimate of drug-likeness (QED) is 0.390. The normalized spacial score (nSPS) is 7.64. The summed E-state index contributed by atoms with van der Waals surface area (Å²) in [5.74, 6) is 0. The maximum Gasteiger partial charge on any atom is 1.00 e. The minimum atomic E-state index is -2.08. The van der Waals surface area contributed by atoms with Crippen LogP contribution in [-0.4, -0.2) is 16.9 Å². The largest absolute Gasteiger partial charge is 1.00 e. The fourth-order valence-corrected chi connectivity index (χ4v) is 0. The van der Waals surface area contributed by atoms with Crippen molar-refractivity contribution in [3.63, 3.8) is 0 Å². The van der Waals surface area contributed by atoms with Gasteiger partial charge in [-0.25, -0.2) is 0 Å². The number of rotatable bonds is 0. The van der Waals surface area contributed by atoms with Crippen LogP contribution >= 0.6 is 0 Å². The molecule has 0 unspecified atom stereocenters. The topological polar surface area (TPSA) is 83.4 Å². The summed E-state index contributed by atoms with van der Waals surface area (Å²) >= 11 is 0. The Morgan fingerprint density at radius 2 is 1.36 bits per heavy atom. The van der Waals surface area contributed by atoms with Gasteiger partial charge in [-0.2, -0.15) is 0 Å². The van der Waals surface area contributed by atoms with Crippen LogP contribution in [0.4, 0.5) is 4.79 Å². The first-order chi connectivity index (χ1) is 3.73. The molecule has 0 rings (SSSR count). The first kappa shape index (κ1) is 23.0. The van der Waals surface area contributed by atoms with Gasteiger partial charge in [-0.15, -0.1) is 5.60 Å². The molecule has 0 saturated heterocycles. The minimum absolute atomic E-state index is 0. The predicted molar refractivity (Wildman–Crippen MR) is 27.8 cm³/mol. The van der Waals surface area contributed by atoms with Crippen molar-refractivity contribution < 1.29 is 101 Å². The maximum atomic E-state index is 10.1. The summed E-state index contributed by atoms with van der Waals surface area (Å²) in [5, 5.41) is 25.4. The van der Waals surface area contributed by atoms with Gasteiger partial charge in [-0.05, 0) is 0 Å². The van der Waals surface area contributed by atoms with Crippen LogP contribution in [0.15, 0.2) is 0 Å². The Bertz CT molecular complexity index is 81.0. The fourth-order valence-electron chi connectivity index (χ4n) is 0. The second-order valence-corrected chi connectivity index (χ2v) is 2.38. The SMILES string of the molecule is CC(C)(C)[O-].O=C([O-])O.[K+].[Na+]. The van der Waals surface area contributed by atoms with Crippen LogP contribution in [0.2, 0.25) is 0 Å². The molecule has 4 nitrogen and oxygen atoms in total. The molecule has 0 aliphatic carbocycles. The molecule has 0 saturated carbocycles. The molecule has 0 aliphatic rings. The zero-order chi connectivity index (χ0) is 8.08. The smallest absolute Gasteiger partial charge is 0.850 e. The average Bonchev–Trinajstić information content (AvgIpc) is 1.19. The number of carbonyl (C=O) groups is 1. The molecule has 6 heteroatoms. The van der Waals surface area contributed by atoms with Gasteiger partial charge in [0.15, 0.2) is 0 Å². The maximum absolute atomic E-state index is 10.1. The monoisotopic (exact) mass is 196 g/mol. The number of hydrogen-bond acceptors (Lipinski definition) is 3. The Balaban J connectivity index is -0.0000000383. The Morgan fingerprint density at radius 1 is 1.36 bits per heavy atom. The standard InChI is InChI=1S/C4H9O.CH2O3.K.Na/c1-4(2,3)5;2-1(3)4;;/h1-3H3;(H2,2,3,4);;/q-1;;2*+1/p-1. The third-order valence-electron chi connectivity index (χ3n) is 0. The average molecular weight is 196 g/mol. The van der Waals surface area contributed by atoms with E-state index in [4.69, 9.17) is 15.0 Å². The minimum Gasteiger partial charge on any atom is -0.850 e. The Hall–Kier alpha value is 1.87. The van der Waals surface area contributed by atoms with Gasteiger partial charge in [-0.3, -0.25) is 0 Å². The molecule has 0 spiro atoms. The van der Waals surface area contributed by atoms with Crippen LogP contribution in [0.3, 0.4) is 0 Å². The molecule has 0 atom stereocenters. The van der Waals surface area contributed by atoms with Gasteiger partial charge in [0.25, 0.3) is 0 Å². The van der Waals surface area contributed by atoms with E-state index in [9.17, 15) is 5.11 Å². The van der Waals surface area contributed by atoms with Crippen molar-refractivity contribution in [2.75, 3.05) is 0 Å². The van der Waals surface area contributed by atoms with E-state index in [-0.39, 0.29) is 80.9 Å². The summed E-state index contributed by atoms with van der Waals surface area (Å²) in [6.45, 7) is 4.90. The Labute approximate surface area is 131 Å². The second-order valence-electron chi connectivity index (χ2n) is 2.38. The first-order valence-electron chi connectivity index (χ1n) is 2.34. The van der Waals surface area contributed by atoms with Crippen LogP contribution < -0.4 is 91.2 Å². The van der Waals surface area contributed by atoms with E-state index >= 15 is 0 Å². The van der Waals surface area contributed by atoms with E-state index in [1.54, 1.807) is 20.8 Å². The van der Waals surface area contributed by atoms with Gasteiger partial charge >= 0.3 is 80.9 Å². The van der Waals surface area contributed by atoms with Crippen molar-refractivity contribution >= 4 is 6.16 Å². The summed E-state index contributed by atoms with van der Waals surface area (Å²) < 4.78 is 0. The third kappa shape index (κ3) is 332. The number of hydrogen-bond donors (Lipinski definition) is 1. The van der Waals surface area contributed by atoms with Crippen LogP contribution in [0.25, 0.3) is 0 Å². The molecule has 0 aliphatic heterocycles. The summed E-state index contributed by atoms with van der Waals surface area (Å²) in [6, 6.07) is 0. The van der Waals surface area contributed by atoms with Gasteiger partial charge in [-0.1, -0.05) is 20.8 Å². The Morgan fingerprint density at radius 3 is 1.36 bits per heavy atom. The molecule has 0 amide bonds. The predicted octanol–water partition coefficient (Wildman–Crippen LogP) is -6.96. The van der Waals surface area contributed by atoms with E-state index in [2.05, 4.69) is 0 Å². The molecule has 0 radical (unpaired) electrons. The summed E-state index contributed by atoms with van der Waals surface area (Å²) in [6.07, 6.45) is -2.08. The molecule has 0 aromatic heterocycles. The summed E-state index contributed by atoms with van der Waals surface area (Å²) in [5.41, 5.74) is -0.750. The van der Waals surface area contributed by atoms with E-state index < -0.39 is 11.8 Å². The van der Waals surface area contributed by atoms with Crippen molar-refractivity contribution in [1.29, 1.82) is 0 Å². The molecule has 56 valence electrons. The van der Waals surface area contributed by atoms with Crippen LogP contribution in [0, 0.1) is 0 Å². The fraction of sp³-hybridized carbons (Fsp3) is 0.800. The molecule has 0 bridgehead atoms. The molecular formula is C5H10KNaO4. The third-order valence-corrected chi connectivity index (χ3v) is 0. The Kier molecular flexibility index (Phi) is 24.9. The molecule has 0 fully saturated rings. The van der Waals surface area contributed by atoms with Crippen LogP contribution in [-0.2, 0) is 0 Å². The zero-order valence-electron chi connectivity index (χ0n) is 7.67. The van der Waals surface area contributed by atoms with E-state index in [1.807, 2.05) is 0 Å². The molecule has 11 heavy (non-hydrogen) atoms. The summed E-state index contributed by atoms with van der Waals surface area (Å²) in [7, 11) is 0. The van der Waals surface area contributed by atoms with E-state index in [1.165, 1.54) is 0 Å². The van der Waals surface area contributed by atoms with Crippen molar-refractivity contribution in [1.82, 2.24) is 0 Å². The molecule has 0 aromatic rings. The van der Waals surface area contributed by atoms with E-state index in [0.717, 1.165) is 0 Å². The van der Waals surface area contributed by atoms with Crippen molar-refractivity contribution in [3.05, 3.63) is 0 Å². The number of carboxylic acid groups (broad SMARTS) is 2. The van der Waals surface area contributed by atoms with Crippen molar-refractivity contribution in [2.45, 2.75) is 26.4 Å². The zero-order valence-corrected chi connectivity index (χ0v) is 12.8. The summed E-state index contributed by atoms with van der Waals surface area (Å²) in [4.78, 5) is 8.44. The first-order valence-corrected chi connectivity index (χ1v) is 2.34. The second kappa shape index (κ2) is 11.9. The van der Waals surface area contributed by atoms with Gasteiger partial charge < -0.3 is 20.1 Å². The van der Waals surface area contributed by atoms with Gasteiger partial charge in [0.05, 0.1) is 0 Å². The van der Waals surface area contributed by atoms with Crippen molar-refractivity contribution in [3.8, 4) is 0 Å². The molecule has 1 N–H and O–H groups in total. The van der Waals surface area contributed by atoms with Gasteiger partial charge in [0.1, 0.15) is 0 Å². The van der Waals surface area contributed by atoms with Crippen LogP contribution in [0.5, 0.6) is 0 Å². The molecular weight excluding hydrogens is 186 g/mol. The van der Waals surface area contributed by atoms with Gasteiger partial charge in [0, 0.05) is 0 Å². The van der Waals surface area contributed by atoms with E-state index in [0.29, 0.717) is 0 Å². The van der Waals surface area contributed by atoms with Crippen molar-refractivity contribution in [2.24, 2.45) is 0 Å². The molecule has 0 aromatic carbocycles.